The molecule has 0 atom stereocenters. The topological polar surface area (TPSA) is 132 Å². The van der Waals surface area contributed by atoms with E-state index in [1.165, 1.54) is 18.3 Å². The smallest absolute Gasteiger partial charge is 0.338 e. The van der Waals surface area contributed by atoms with Gasteiger partial charge in [-0.2, -0.15) is 15.8 Å². The molecule has 0 spiro atoms. The molecule has 132 valence electrons. The van der Waals surface area contributed by atoms with Crippen LogP contribution in [0.25, 0.3) is 0 Å². The van der Waals surface area contributed by atoms with E-state index in [0.717, 1.165) is 0 Å². The van der Waals surface area contributed by atoms with E-state index in [1.807, 2.05) is 0 Å². The lowest BCUT2D eigenvalue weighted by molar-refractivity contribution is 0.0526. The number of benzene rings is 1. The highest BCUT2D eigenvalue weighted by Crippen LogP contribution is 2.24. The van der Waals surface area contributed by atoms with Crippen LogP contribution in [0.3, 0.4) is 0 Å². The van der Waals surface area contributed by atoms with Gasteiger partial charge in [-0.1, -0.05) is 6.07 Å². The molecule has 1 heterocycles. The Bertz CT molecular complexity index is 993. The van der Waals surface area contributed by atoms with E-state index in [4.69, 9.17) is 25.3 Å². The van der Waals surface area contributed by atoms with Gasteiger partial charge in [0.05, 0.1) is 12.2 Å². The van der Waals surface area contributed by atoms with E-state index < -0.39 is 5.97 Å². The van der Waals surface area contributed by atoms with Gasteiger partial charge >= 0.3 is 5.97 Å². The summed E-state index contributed by atoms with van der Waals surface area (Å²) in [4.78, 5) is 15.8. The standard InChI is InChI=1S/C19H13N5O3/c1-2-26-19(25)13-6-7-23-18(8-13)27-16-5-3-4-15(9-16)24-17(12-22)14(10-20)11-21/h3-9,24H,2H2,1H3. The van der Waals surface area contributed by atoms with Crippen molar-refractivity contribution in [2.45, 2.75) is 6.92 Å². The maximum Gasteiger partial charge on any atom is 0.338 e. The molecule has 1 N–H and O–H groups in total. The summed E-state index contributed by atoms with van der Waals surface area (Å²) < 4.78 is 10.6. The van der Waals surface area contributed by atoms with Crippen LogP contribution in [0.4, 0.5) is 5.69 Å². The maximum absolute atomic E-state index is 11.8. The minimum atomic E-state index is -0.482. The molecule has 0 saturated carbocycles. The number of aromatic nitrogens is 1. The van der Waals surface area contributed by atoms with E-state index >= 15 is 0 Å². The first kappa shape index (κ1) is 19.0. The van der Waals surface area contributed by atoms with Crippen LogP contribution in [-0.2, 0) is 4.74 Å². The van der Waals surface area contributed by atoms with Crippen molar-refractivity contribution >= 4 is 11.7 Å². The zero-order valence-corrected chi connectivity index (χ0v) is 14.3. The molecule has 27 heavy (non-hydrogen) atoms. The van der Waals surface area contributed by atoms with Crippen molar-refractivity contribution in [2.24, 2.45) is 0 Å². The quantitative estimate of drug-likeness (QED) is 0.614. The third-order valence-electron chi connectivity index (χ3n) is 3.16. The fraction of sp³-hybridized carbons (Fsp3) is 0.105. The number of nitrogens with one attached hydrogen (secondary N) is 1. The van der Waals surface area contributed by atoms with E-state index in [-0.39, 0.29) is 23.8 Å². The first-order valence-corrected chi connectivity index (χ1v) is 7.74. The van der Waals surface area contributed by atoms with Crippen molar-refractivity contribution in [3.8, 4) is 29.8 Å². The van der Waals surface area contributed by atoms with Crippen molar-refractivity contribution in [1.29, 1.82) is 15.8 Å². The van der Waals surface area contributed by atoms with Crippen LogP contribution in [-0.4, -0.2) is 17.6 Å². The first-order valence-electron chi connectivity index (χ1n) is 7.74. The number of pyridine rings is 1. The van der Waals surface area contributed by atoms with Gasteiger partial charge in [0.25, 0.3) is 0 Å². The van der Waals surface area contributed by atoms with Gasteiger partial charge in [-0.25, -0.2) is 9.78 Å². The zero-order chi connectivity index (χ0) is 19.6. The Morgan fingerprint density at radius 1 is 1.15 bits per heavy atom. The monoisotopic (exact) mass is 359 g/mol. The predicted octanol–water partition coefficient (Wildman–Crippen LogP) is 3.29. The Morgan fingerprint density at radius 3 is 2.59 bits per heavy atom. The summed E-state index contributed by atoms with van der Waals surface area (Å²) in [5, 5.41) is 29.5. The number of allylic oxidation sites excluding steroid dienone is 2. The third-order valence-corrected chi connectivity index (χ3v) is 3.16. The molecule has 0 saturated heterocycles. The molecule has 0 amide bonds. The van der Waals surface area contributed by atoms with Gasteiger partial charge in [-0.05, 0) is 25.1 Å². The number of anilines is 1. The summed E-state index contributed by atoms with van der Waals surface area (Å²) in [6.07, 6.45) is 1.42. The number of rotatable bonds is 6. The lowest BCUT2D eigenvalue weighted by Gasteiger charge is -2.09. The number of hydrogen-bond acceptors (Lipinski definition) is 8. The van der Waals surface area contributed by atoms with Crippen molar-refractivity contribution in [3.05, 3.63) is 59.4 Å². The van der Waals surface area contributed by atoms with Crippen molar-refractivity contribution in [3.63, 3.8) is 0 Å². The molecule has 0 aliphatic heterocycles. The van der Waals surface area contributed by atoms with Crippen LogP contribution in [0.5, 0.6) is 11.6 Å². The summed E-state index contributed by atoms with van der Waals surface area (Å²) in [6.45, 7) is 1.97. The number of ether oxygens (including phenoxy) is 2. The average Bonchev–Trinajstić information content (AvgIpc) is 2.68. The zero-order valence-electron chi connectivity index (χ0n) is 14.3. The van der Waals surface area contributed by atoms with Crippen LogP contribution in [0.1, 0.15) is 17.3 Å². The summed E-state index contributed by atoms with van der Waals surface area (Å²) >= 11 is 0. The van der Waals surface area contributed by atoms with Gasteiger partial charge in [0.15, 0.2) is 5.57 Å². The maximum atomic E-state index is 11.8. The van der Waals surface area contributed by atoms with Crippen LogP contribution < -0.4 is 10.1 Å². The average molecular weight is 359 g/mol. The summed E-state index contributed by atoms with van der Waals surface area (Å²) in [6, 6.07) is 14.5. The first-order chi connectivity index (χ1) is 13.1. The Balaban J connectivity index is 2.22. The van der Waals surface area contributed by atoms with E-state index in [1.54, 1.807) is 49.4 Å². The molecule has 8 nitrogen and oxygen atoms in total. The molecule has 2 aromatic rings. The number of hydrogen-bond donors (Lipinski definition) is 1. The second-order valence-electron chi connectivity index (χ2n) is 4.94. The molecule has 2 rings (SSSR count). The Kier molecular flexibility index (Phi) is 6.48. The molecule has 0 unspecified atom stereocenters. The number of esters is 1. The molecule has 8 heteroatoms. The Morgan fingerprint density at radius 2 is 1.93 bits per heavy atom. The van der Waals surface area contributed by atoms with Gasteiger partial charge in [-0.3, -0.25) is 0 Å². The van der Waals surface area contributed by atoms with Gasteiger partial charge < -0.3 is 14.8 Å². The van der Waals surface area contributed by atoms with Gasteiger partial charge in [-0.15, -0.1) is 0 Å². The van der Waals surface area contributed by atoms with E-state index in [2.05, 4.69) is 10.3 Å². The number of nitrogens with zero attached hydrogens (tertiary/aromatic N) is 4. The predicted molar refractivity (Wildman–Crippen MR) is 94.2 cm³/mol. The number of carbonyl (C=O) groups is 1. The van der Waals surface area contributed by atoms with Crippen molar-refractivity contribution < 1.29 is 14.3 Å². The minimum absolute atomic E-state index is 0.167. The normalized spacial score (nSPS) is 9.11. The Labute approximate surface area is 155 Å². The summed E-state index contributed by atoms with van der Waals surface area (Å²) in [5.74, 6) is 0.0780. The molecule has 0 radical (unpaired) electrons. The van der Waals surface area contributed by atoms with Crippen LogP contribution >= 0.6 is 0 Å². The molecule has 0 aliphatic rings. The van der Waals surface area contributed by atoms with Gasteiger partial charge in [0, 0.05) is 24.0 Å². The SMILES string of the molecule is CCOC(=O)c1ccnc(Oc2cccc(NC(C#N)=C(C#N)C#N)c2)c1. The fourth-order valence-electron chi connectivity index (χ4n) is 1.99. The van der Waals surface area contributed by atoms with E-state index in [0.29, 0.717) is 17.0 Å². The summed E-state index contributed by atoms with van der Waals surface area (Å²) in [5.41, 5.74) is 0.249. The molecule has 0 bridgehead atoms. The third kappa shape index (κ3) is 5.06. The second-order valence-corrected chi connectivity index (χ2v) is 4.94. The highest BCUT2D eigenvalue weighted by molar-refractivity contribution is 5.89. The van der Waals surface area contributed by atoms with Crippen LogP contribution in [0, 0.1) is 34.0 Å². The van der Waals surface area contributed by atoms with Gasteiger partial charge in [0.2, 0.25) is 5.88 Å². The minimum Gasteiger partial charge on any atom is -0.462 e. The largest absolute Gasteiger partial charge is 0.462 e. The second kappa shape index (κ2) is 9.22. The fourth-order valence-corrected chi connectivity index (χ4v) is 1.99. The highest BCUT2D eigenvalue weighted by atomic mass is 16.5. The van der Waals surface area contributed by atoms with E-state index in [9.17, 15) is 4.79 Å². The summed E-state index contributed by atoms with van der Waals surface area (Å²) in [7, 11) is 0. The number of carbonyl (C=O) groups excluding carboxylic acids is 1. The Hall–Kier alpha value is -4.35. The molecule has 0 aliphatic carbocycles. The van der Waals surface area contributed by atoms with Crippen LogP contribution in [0.2, 0.25) is 0 Å². The molecule has 0 fully saturated rings. The molecule has 1 aromatic carbocycles. The van der Waals surface area contributed by atoms with Crippen molar-refractivity contribution in [1.82, 2.24) is 4.98 Å². The molecular formula is C19H13N5O3. The lowest BCUT2D eigenvalue weighted by Crippen LogP contribution is -2.05. The lowest BCUT2D eigenvalue weighted by atomic mass is 10.2. The van der Waals surface area contributed by atoms with Crippen molar-refractivity contribution in [2.75, 3.05) is 11.9 Å². The number of nitriles is 3. The molecular weight excluding hydrogens is 346 g/mol. The molecule has 1 aromatic heterocycles. The van der Waals surface area contributed by atoms with Gasteiger partial charge in [0.1, 0.15) is 29.7 Å². The van der Waals surface area contributed by atoms with Crippen LogP contribution in [0.15, 0.2) is 53.9 Å². The highest BCUT2D eigenvalue weighted by Gasteiger charge is 2.10.